The first-order valence-corrected chi connectivity index (χ1v) is 9.47. The fraction of sp³-hybridized carbons (Fsp3) is 0.533. The number of aromatic amines is 1. The average Bonchev–Trinajstić information content (AvgIpc) is 3.18. The number of amides is 1. The fourth-order valence-electron chi connectivity index (χ4n) is 2.74. The smallest absolute Gasteiger partial charge is 0.230 e. The predicted molar refractivity (Wildman–Crippen MR) is 90.0 cm³/mol. The number of thioether (sulfide) groups is 1. The lowest BCUT2D eigenvalue weighted by molar-refractivity contribution is -0.119. The second kappa shape index (κ2) is 7.28. The summed E-state index contributed by atoms with van der Waals surface area (Å²) in [4.78, 5) is 17.5. The van der Waals surface area contributed by atoms with E-state index >= 15 is 0 Å². The van der Waals surface area contributed by atoms with Gasteiger partial charge in [-0.25, -0.2) is 4.98 Å². The van der Waals surface area contributed by atoms with Crippen LogP contribution >= 0.6 is 23.1 Å². The average molecular weight is 336 g/mol. The van der Waals surface area contributed by atoms with E-state index in [1.807, 2.05) is 17.5 Å². The Hall–Kier alpha value is -1.34. The van der Waals surface area contributed by atoms with Crippen LogP contribution in [0, 0.1) is 5.92 Å². The van der Waals surface area contributed by atoms with E-state index in [0.29, 0.717) is 22.9 Å². The van der Waals surface area contributed by atoms with Crippen molar-refractivity contribution in [2.45, 2.75) is 43.8 Å². The van der Waals surface area contributed by atoms with E-state index in [1.54, 1.807) is 11.3 Å². The molecule has 0 bridgehead atoms. The molecule has 0 aromatic carbocycles. The maximum absolute atomic E-state index is 12.1. The van der Waals surface area contributed by atoms with Gasteiger partial charge < -0.3 is 5.32 Å². The van der Waals surface area contributed by atoms with E-state index < -0.39 is 0 Å². The summed E-state index contributed by atoms with van der Waals surface area (Å²) in [6, 6.07) is 4.31. The van der Waals surface area contributed by atoms with Crippen LogP contribution in [0.4, 0.5) is 0 Å². The predicted octanol–water partition coefficient (Wildman–Crippen LogP) is 3.32. The van der Waals surface area contributed by atoms with Crippen LogP contribution in [0.15, 0.2) is 22.7 Å². The van der Waals surface area contributed by atoms with Crippen molar-refractivity contribution in [3.05, 3.63) is 17.5 Å². The third-order valence-corrected chi connectivity index (χ3v) is 5.73. The van der Waals surface area contributed by atoms with E-state index in [4.69, 9.17) is 0 Å². The molecule has 118 valence electrons. The highest BCUT2D eigenvalue weighted by Crippen LogP contribution is 2.25. The van der Waals surface area contributed by atoms with Gasteiger partial charge in [0.1, 0.15) is 0 Å². The summed E-state index contributed by atoms with van der Waals surface area (Å²) in [5.74, 6) is 1.78. The highest BCUT2D eigenvalue weighted by Gasteiger charge is 2.22. The SMILES string of the molecule is C[C@@H]1CCCC[C@H]1NC(=O)CSc1n[nH]c(-c2cccs2)n1. The quantitative estimate of drug-likeness (QED) is 0.822. The van der Waals surface area contributed by atoms with Crippen LogP contribution in [-0.4, -0.2) is 32.9 Å². The Bertz CT molecular complexity index is 611. The van der Waals surface area contributed by atoms with Crippen molar-refractivity contribution < 1.29 is 4.79 Å². The Morgan fingerprint density at radius 1 is 1.50 bits per heavy atom. The summed E-state index contributed by atoms with van der Waals surface area (Å²) >= 11 is 2.99. The van der Waals surface area contributed by atoms with Gasteiger partial charge in [0, 0.05) is 6.04 Å². The standard InChI is InChI=1S/C15H20N4OS2/c1-10-5-2-3-6-11(10)16-13(20)9-22-15-17-14(18-19-15)12-7-4-8-21-12/h4,7-8,10-11H,2-3,5-6,9H2,1H3,(H,16,20)(H,17,18,19)/t10-,11-/m1/s1. The molecule has 0 saturated heterocycles. The summed E-state index contributed by atoms with van der Waals surface area (Å²) in [6.45, 7) is 2.22. The van der Waals surface area contributed by atoms with Gasteiger partial charge in [-0.15, -0.1) is 16.4 Å². The van der Waals surface area contributed by atoms with Gasteiger partial charge in [0.15, 0.2) is 5.82 Å². The molecule has 1 saturated carbocycles. The van der Waals surface area contributed by atoms with Gasteiger partial charge >= 0.3 is 0 Å². The first kappa shape index (κ1) is 15.6. The molecule has 0 radical (unpaired) electrons. The largest absolute Gasteiger partial charge is 0.352 e. The van der Waals surface area contributed by atoms with Crippen LogP contribution in [-0.2, 0) is 4.79 Å². The van der Waals surface area contributed by atoms with Gasteiger partial charge in [0.2, 0.25) is 11.1 Å². The van der Waals surface area contributed by atoms with E-state index in [0.717, 1.165) is 17.1 Å². The van der Waals surface area contributed by atoms with Crippen molar-refractivity contribution in [3.63, 3.8) is 0 Å². The fourth-order valence-corrected chi connectivity index (χ4v) is 4.02. The van der Waals surface area contributed by atoms with E-state index in [2.05, 4.69) is 27.4 Å². The molecule has 2 atom stereocenters. The monoisotopic (exact) mass is 336 g/mol. The van der Waals surface area contributed by atoms with Gasteiger partial charge in [-0.1, -0.05) is 37.6 Å². The normalized spacial score (nSPS) is 21.7. The third-order valence-electron chi connectivity index (χ3n) is 4.01. The molecule has 5 nitrogen and oxygen atoms in total. The Balaban J connectivity index is 1.49. The topological polar surface area (TPSA) is 70.7 Å². The number of H-pyrrole nitrogens is 1. The molecule has 7 heteroatoms. The third kappa shape index (κ3) is 3.89. The second-order valence-corrected chi connectivity index (χ2v) is 7.56. The second-order valence-electron chi connectivity index (χ2n) is 5.67. The summed E-state index contributed by atoms with van der Waals surface area (Å²) < 4.78 is 0. The van der Waals surface area contributed by atoms with Gasteiger partial charge in [-0.3, -0.25) is 9.89 Å². The van der Waals surface area contributed by atoms with Crippen molar-refractivity contribution in [1.29, 1.82) is 0 Å². The zero-order valence-corrected chi connectivity index (χ0v) is 14.2. The first-order valence-electron chi connectivity index (χ1n) is 7.61. The number of thiophene rings is 1. The van der Waals surface area contributed by atoms with Crippen LogP contribution in [0.2, 0.25) is 0 Å². The van der Waals surface area contributed by atoms with Crippen molar-refractivity contribution >= 4 is 29.0 Å². The minimum atomic E-state index is 0.0752. The lowest BCUT2D eigenvalue weighted by Gasteiger charge is -2.29. The Kier molecular flexibility index (Phi) is 5.15. The zero-order chi connectivity index (χ0) is 15.4. The zero-order valence-electron chi connectivity index (χ0n) is 12.5. The van der Waals surface area contributed by atoms with Crippen LogP contribution in [0.25, 0.3) is 10.7 Å². The van der Waals surface area contributed by atoms with Crippen molar-refractivity contribution in [2.75, 3.05) is 5.75 Å². The van der Waals surface area contributed by atoms with Gasteiger partial charge in [-0.2, -0.15) is 0 Å². The minimum Gasteiger partial charge on any atom is -0.352 e. The molecule has 2 aromatic heterocycles. The van der Waals surface area contributed by atoms with Gasteiger partial charge in [0.25, 0.3) is 0 Å². The van der Waals surface area contributed by atoms with E-state index in [-0.39, 0.29) is 5.91 Å². The number of aromatic nitrogens is 3. The lowest BCUT2D eigenvalue weighted by atomic mass is 9.86. The van der Waals surface area contributed by atoms with Crippen LogP contribution in [0.3, 0.4) is 0 Å². The number of rotatable bonds is 5. The summed E-state index contributed by atoms with van der Waals surface area (Å²) in [6.07, 6.45) is 4.81. The number of hydrogen-bond donors (Lipinski definition) is 2. The van der Waals surface area contributed by atoms with Crippen LogP contribution < -0.4 is 5.32 Å². The molecule has 3 rings (SSSR count). The molecule has 1 aliphatic carbocycles. The Labute approximate surface area is 138 Å². The molecule has 1 amide bonds. The lowest BCUT2D eigenvalue weighted by Crippen LogP contribution is -2.41. The number of carbonyl (C=O) groups excluding carboxylic acids is 1. The summed E-state index contributed by atoms with van der Waals surface area (Å²) in [5, 5.41) is 12.9. The number of carbonyl (C=O) groups is 1. The first-order chi connectivity index (χ1) is 10.7. The number of hydrogen-bond acceptors (Lipinski definition) is 5. The van der Waals surface area contributed by atoms with Gasteiger partial charge in [-0.05, 0) is 30.2 Å². The molecule has 1 fully saturated rings. The molecular formula is C15H20N4OS2. The van der Waals surface area contributed by atoms with Crippen LogP contribution in [0.1, 0.15) is 32.6 Å². The molecule has 2 aromatic rings. The highest BCUT2D eigenvalue weighted by molar-refractivity contribution is 7.99. The van der Waals surface area contributed by atoms with Crippen molar-refractivity contribution in [2.24, 2.45) is 5.92 Å². The molecule has 0 unspecified atom stereocenters. The highest BCUT2D eigenvalue weighted by atomic mass is 32.2. The van der Waals surface area contributed by atoms with E-state index in [9.17, 15) is 4.79 Å². The van der Waals surface area contributed by atoms with Crippen molar-refractivity contribution in [3.8, 4) is 10.7 Å². The number of nitrogens with zero attached hydrogens (tertiary/aromatic N) is 2. The summed E-state index contributed by atoms with van der Waals surface area (Å²) in [5.41, 5.74) is 0. The molecule has 0 aliphatic heterocycles. The minimum absolute atomic E-state index is 0.0752. The maximum Gasteiger partial charge on any atom is 0.230 e. The van der Waals surface area contributed by atoms with Gasteiger partial charge in [0.05, 0.1) is 10.6 Å². The molecule has 0 spiro atoms. The molecule has 22 heavy (non-hydrogen) atoms. The van der Waals surface area contributed by atoms with Crippen molar-refractivity contribution in [1.82, 2.24) is 20.5 Å². The number of nitrogens with one attached hydrogen (secondary N) is 2. The molecule has 2 heterocycles. The van der Waals surface area contributed by atoms with E-state index in [1.165, 1.54) is 31.0 Å². The maximum atomic E-state index is 12.1. The molecular weight excluding hydrogens is 316 g/mol. The Morgan fingerprint density at radius 2 is 2.36 bits per heavy atom. The molecule has 2 N–H and O–H groups in total. The van der Waals surface area contributed by atoms with Crippen LogP contribution in [0.5, 0.6) is 0 Å². The summed E-state index contributed by atoms with van der Waals surface area (Å²) in [7, 11) is 0. The molecule has 1 aliphatic rings. The Morgan fingerprint density at radius 3 is 3.14 bits per heavy atom.